The number of aromatic amines is 2. The van der Waals surface area contributed by atoms with Crippen LogP contribution in [0.4, 0.5) is 11.9 Å². The normalized spacial score (nSPS) is 35.6. The van der Waals surface area contributed by atoms with Crippen molar-refractivity contribution in [2.24, 2.45) is 0 Å². The summed E-state index contributed by atoms with van der Waals surface area (Å²) in [7, 11) is 7.74. The van der Waals surface area contributed by atoms with Crippen LogP contribution in [-0.2, 0) is 43.9 Å². The summed E-state index contributed by atoms with van der Waals surface area (Å²) in [5, 5.41) is 25.8. The van der Waals surface area contributed by atoms with Crippen molar-refractivity contribution in [2.75, 3.05) is 24.3 Å². The maximum Gasteiger partial charge on any atom is 0.280 e. The van der Waals surface area contributed by atoms with Crippen molar-refractivity contribution in [1.29, 1.82) is 0 Å². The van der Waals surface area contributed by atoms with Gasteiger partial charge in [0.2, 0.25) is 19.5 Å². The highest BCUT2D eigenvalue weighted by Gasteiger charge is 2.52. The van der Waals surface area contributed by atoms with Crippen LogP contribution in [0.3, 0.4) is 0 Å². The number of hydrogen-bond acceptors (Lipinski definition) is 18. The minimum Gasteiger partial charge on any atom is -0.386 e. The van der Waals surface area contributed by atoms with Gasteiger partial charge in [-0.1, -0.05) is 0 Å². The lowest BCUT2D eigenvalue weighted by atomic mass is 10.1. The number of rotatable bonds is 4. The van der Waals surface area contributed by atoms with Crippen LogP contribution in [0.1, 0.15) is 26.3 Å². The SMILES string of the molecule is [B]P1(=O)OC[C@H]2O[C@@H](n3cnc4c(=O)[nH]c(N)nc43)C(O)[C@H]2OP([B])(=S)OC[C@H]2O[C@@H](n3cnc4c(=O)[nH]c(NC(C)C)nc43)[C@@H](O)C2O1. The first-order valence-electron chi connectivity index (χ1n) is 14.7. The van der Waals surface area contributed by atoms with Gasteiger partial charge in [0, 0.05) is 6.04 Å². The molecule has 49 heavy (non-hydrogen) atoms. The van der Waals surface area contributed by atoms with E-state index >= 15 is 0 Å². The van der Waals surface area contributed by atoms with Crippen molar-refractivity contribution in [3.8, 4) is 0 Å². The number of nitrogen functional groups attached to an aromatic ring is 1. The van der Waals surface area contributed by atoms with Gasteiger partial charge in [-0.25, -0.2) is 9.97 Å². The van der Waals surface area contributed by atoms with E-state index in [0.717, 1.165) is 0 Å². The van der Waals surface area contributed by atoms with E-state index < -0.39 is 87.3 Å². The van der Waals surface area contributed by atoms with E-state index in [1.807, 2.05) is 13.8 Å². The maximum atomic E-state index is 13.5. The van der Waals surface area contributed by atoms with Gasteiger partial charge in [-0.05, 0) is 25.7 Å². The van der Waals surface area contributed by atoms with Crippen molar-refractivity contribution < 1.29 is 42.3 Å². The number of nitrogens with zero attached hydrogens (tertiary/aromatic N) is 6. The summed E-state index contributed by atoms with van der Waals surface area (Å²) >= 11 is 5.46. The van der Waals surface area contributed by atoms with Crippen LogP contribution >= 0.6 is 13.8 Å². The summed E-state index contributed by atoms with van der Waals surface area (Å²) in [6, 6.07) is -0.0729. The van der Waals surface area contributed by atoms with Crippen LogP contribution in [0.25, 0.3) is 22.3 Å². The Morgan fingerprint density at radius 1 is 0.939 bits per heavy atom. The van der Waals surface area contributed by atoms with Crippen LogP contribution in [0.5, 0.6) is 0 Å². The van der Waals surface area contributed by atoms with E-state index in [-0.39, 0.29) is 40.3 Å². The molecule has 4 aromatic rings. The highest BCUT2D eigenvalue weighted by Crippen LogP contribution is 2.53. The summed E-state index contributed by atoms with van der Waals surface area (Å²) in [5.41, 5.74) is 4.48. The number of aliphatic hydroxyl groups excluding tert-OH is 2. The molecule has 3 aliphatic rings. The van der Waals surface area contributed by atoms with E-state index in [9.17, 15) is 24.4 Å². The Kier molecular flexibility index (Phi) is 8.88. The molecule has 4 aromatic heterocycles. The van der Waals surface area contributed by atoms with Crippen molar-refractivity contribution in [3.63, 3.8) is 0 Å². The maximum absolute atomic E-state index is 13.5. The van der Waals surface area contributed by atoms with E-state index in [0.29, 0.717) is 0 Å². The second-order valence-electron chi connectivity index (χ2n) is 11.7. The summed E-state index contributed by atoms with van der Waals surface area (Å²) in [5.74, 6) is -0.0535. The minimum atomic E-state index is -4.52. The van der Waals surface area contributed by atoms with Gasteiger partial charge in [-0.3, -0.25) is 33.3 Å². The number of ether oxygens (including phenoxy) is 2. The molecule has 4 radical (unpaired) electrons. The zero-order valence-electron chi connectivity index (χ0n) is 25.6. The smallest absolute Gasteiger partial charge is 0.280 e. The molecule has 0 saturated carbocycles. The number of hydrogen-bond donors (Lipinski definition) is 6. The third kappa shape index (κ3) is 6.51. The minimum absolute atomic E-state index is 0.00815. The number of aliphatic hydroxyl groups is 2. The number of nitrogens with two attached hydrogens (primary N) is 1. The van der Waals surface area contributed by atoms with Gasteiger partial charge in [0.15, 0.2) is 42.3 Å². The Hall–Kier alpha value is -3.01. The second-order valence-corrected chi connectivity index (χ2v) is 16.4. The van der Waals surface area contributed by atoms with Gasteiger partial charge in [0.1, 0.15) is 43.0 Å². The third-order valence-electron chi connectivity index (χ3n) is 7.85. The average molecular weight is 736 g/mol. The van der Waals surface area contributed by atoms with Crippen LogP contribution in [0.2, 0.25) is 0 Å². The van der Waals surface area contributed by atoms with Crippen LogP contribution < -0.4 is 22.2 Å². The quantitative estimate of drug-likeness (QED) is 0.104. The largest absolute Gasteiger partial charge is 0.386 e. The van der Waals surface area contributed by atoms with Crippen LogP contribution in [-0.4, -0.2) is 120 Å². The molecule has 7 rings (SSSR count). The molecule has 7 N–H and O–H groups in total. The standard InChI is InChI=1S/C23H28B2N10O11P2S/c1-7(2)29-23-31-17-11(19(39)33-23)28-6-35(17)20-12(36)14-9(44-20)4-42-48(25,49)46-15-8(3-41-47(24,40)45-14)43-21(13(15)37)34-5-27-10-16(34)30-22(26)32-18(10)38/h5-9,12-15,20-21,36-37H,3-4H2,1-2H3,(H3,26,30,32,38)(H2,29,31,33,39)/t8-,9-,12+,13?,14?,15+,20-,21-,47?,48?/m1/s1. The molecule has 0 bridgehead atoms. The number of H-pyrrole nitrogens is 2. The molecule has 3 saturated heterocycles. The molecule has 0 aromatic carbocycles. The highest BCUT2D eigenvalue weighted by molar-refractivity contribution is 8.21. The lowest BCUT2D eigenvalue weighted by Gasteiger charge is -2.31. The fourth-order valence-electron chi connectivity index (χ4n) is 5.77. The molecule has 0 aliphatic carbocycles. The lowest BCUT2D eigenvalue weighted by molar-refractivity contribution is -0.0547. The molecule has 3 aliphatic heterocycles. The summed E-state index contributed by atoms with van der Waals surface area (Å²) in [6.45, 7) is 2.64. The molecule has 4 unspecified atom stereocenters. The van der Waals surface area contributed by atoms with Gasteiger partial charge in [0.25, 0.3) is 18.6 Å². The Morgan fingerprint density at radius 2 is 1.47 bits per heavy atom. The zero-order valence-corrected chi connectivity index (χ0v) is 28.2. The molecule has 3 fully saturated rings. The second kappa shape index (κ2) is 12.6. The fourth-order valence-corrected chi connectivity index (χ4v) is 8.28. The first-order chi connectivity index (χ1) is 23.1. The molecule has 26 heteroatoms. The van der Waals surface area contributed by atoms with Crippen molar-refractivity contribution in [3.05, 3.63) is 33.4 Å². The van der Waals surface area contributed by atoms with Gasteiger partial charge < -0.3 is 48.8 Å². The molecule has 0 spiro atoms. The lowest BCUT2D eigenvalue weighted by Crippen LogP contribution is -2.39. The van der Waals surface area contributed by atoms with E-state index in [1.54, 1.807) is 0 Å². The number of fused-ring (bicyclic) bond motifs is 4. The van der Waals surface area contributed by atoms with Crippen molar-refractivity contribution >= 4 is 75.0 Å². The molecule has 21 nitrogen and oxygen atoms in total. The number of nitrogens with one attached hydrogen (secondary N) is 3. The van der Waals surface area contributed by atoms with E-state index in [1.165, 1.54) is 21.8 Å². The van der Waals surface area contributed by atoms with Crippen molar-refractivity contribution in [1.82, 2.24) is 39.0 Å². The molecule has 10 atom stereocenters. The Bertz CT molecular complexity index is 2130. The third-order valence-corrected chi connectivity index (χ3v) is 10.5. The monoisotopic (exact) mass is 736 g/mol. The molecule has 258 valence electrons. The predicted octanol–water partition coefficient (Wildman–Crippen LogP) is -1.34. The van der Waals surface area contributed by atoms with Gasteiger partial charge in [-0.15, -0.1) is 0 Å². The molecule has 0 amide bonds. The Balaban J connectivity index is 1.17. The zero-order chi connectivity index (χ0) is 35.0. The van der Waals surface area contributed by atoms with Gasteiger partial charge in [0.05, 0.1) is 25.9 Å². The average Bonchev–Trinajstić information content (AvgIpc) is 3.76. The fraction of sp³-hybridized carbons (Fsp3) is 0.565. The number of imidazole rings is 2. The highest BCUT2D eigenvalue weighted by atomic mass is 32.4. The number of aromatic nitrogens is 8. The molecular weight excluding hydrogens is 708 g/mol. The van der Waals surface area contributed by atoms with Crippen molar-refractivity contribution in [2.45, 2.75) is 69.0 Å². The first-order valence-corrected chi connectivity index (χ1v) is 19.0. The molecule has 7 heterocycles. The summed E-state index contributed by atoms with van der Waals surface area (Å²) in [4.78, 5) is 46.5. The Morgan fingerprint density at radius 3 is 2.06 bits per heavy atom. The van der Waals surface area contributed by atoms with Crippen LogP contribution in [0, 0.1) is 0 Å². The van der Waals surface area contributed by atoms with E-state index in [2.05, 4.69) is 35.2 Å². The van der Waals surface area contributed by atoms with Gasteiger partial charge in [-0.2, -0.15) is 9.97 Å². The van der Waals surface area contributed by atoms with Crippen LogP contribution in [0.15, 0.2) is 22.2 Å². The molecular formula is C23H28B2N10O11P2S. The first kappa shape index (κ1) is 34.4. The predicted molar refractivity (Wildman–Crippen MR) is 174 cm³/mol. The summed E-state index contributed by atoms with van der Waals surface area (Å²) in [6.07, 6.45) is -12.2. The Labute approximate surface area is 282 Å². The topological polar surface area (TPSA) is 278 Å². The van der Waals surface area contributed by atoms with Gasteiger partial charge >= 0.3 is 0 Å². The summed E-state index contributed by atoms with van der Waals surface area (Å²) < 4.78 is 50.9. The number of anilines is 2. The van der Waals surface area contributed by atoms with E-state index in [4.69, 9.17) is 60.2 Å².